The Balaban J connectivity index is 0.00000139. The van der Waals surface area contributed by atoms with Gasteiger partial charge in [-0.15, -0.1) is 0 Å². The van der Waals surface area contributed by atoms with Crippen molar-refractivity contribution in [3.63, 3.8) is 0 Å². The van der Waals surface area contributed by atoms with Gasteiger partial charge in [-0.25, -0.2) is 0 Å². The number of hydrogen-bond donors (Lipinski definition) is 2. The molecule has 4 heteroatoms. The average molecular weight is 326 g/mol. The second-order valence-electron chi connectivity index (χ2n) is 5.07. The van der Waals surface area contributed by atoms with Gasteiger partial charge in [0.25, 0.3) is 0 Å². The number of benzene rings is 2. The van der Waals surface area contributed by atoms with Gasteiger partial charge >= 0.3 is 7.12 Å². The van der Waals surface area contributed by atoms with Gasteiger partial charge in [0.05, 0.1) is 0 Å². The summed E-state index contributed by atoms with van der Waals surface area (Å²) in [7, 11) is -1.49. The van der Waals surface area contributed by atoms with E-state index in [1.807, 2.05) is 57.2 Å². The van der Waals surface area contributed by atoms with Gasteiger partial charge in [0.1, 0.15) is 12.4 Å². The normalized spacial score (nSPS) is 11.3. The molecular formula is C20H27BO3. The van der Waals surface area contributed by atoms with E-state index in [9.17, 15) is 10.0 Å². The van der Waals surface area contributed by atoms with Gasteiger partial charge in [0.2, 0.25) is 0 Å². The standard InChI is InChI=1S/C18H21BO3.C2H6/c1-3-5-8-14(4-2)13-22-18-12-7-9-15-16(18)10-6-11-17(15)19(20)21;1-2/h3,5-12,20-21H,4,13H2,1-2H3;1-2H3/b5-3-,14-8+;. The molecule has 128 valence electrons. The number of ether oxygens (including phenoxy) is 1. The highest BCUT2D eigenvalue weighted by Crippen LogP contribution is 2.25. The van der Waals surface area contributed by atoms with E-state index in [0.717, 1.165) is 22.9 Å². The van der Waals surface area contributed by atoms with Crippen LogP contribution in [0.1, 0.15) is 34.1 Å². The number of hydrogen-bond acceptors (Lipinski definition) is 3. The van der Waals surface area contributed by atoms with Crippen molar-refractivity contribution in [2.75, 3.05) is 6.61 Å². The molecule has 0 bridgehead atoms. The molecule has 0 aliphatic carbocycles. The molecule has 0 heterocycles. The average Bonchev–Trinajstić information content (AvgIpc) is 2.63. The molecule has 0 radical (unpaired) electrons. The number of fused-ring (bicyclic) bond motifs is 1. The third-order valence-electron chi connectivity index (χ3n) is 3.59. The maximum atomic E-state index is 9.46. The van der Waals surface area contributed by atoms with Crippen LogP contribution in [0.25, 0.3) is 10.8 Å². The van der Waals surface area contributed by atoms with Gasteiger partial charge in [0.15, 0.2) is 0 Å². The van der Waals surface area contributed by atoms with Gasteiger partial charge < -0.3 is 14.8 Å². The predicted molar refractivity (Wildman–Crippen MR) is 104 cm³/mol. The highest BCUT2D eigenvalue weighted by molar-refractivity contribution is 6.62. The van der Waals surface area contributed by atoms with Crippen LogP contribution in [0, 0.1) is 0 Å². The zero-order valence-corrected chi connectivity index (χ0v) is 15.0. The lowest BCUT2D eigenvalue weighted by Crippen LogP contribution is -2.30. The molecule has 24 heavy (non-hydrogen) atoms. The Morgan fingerprint density at radius 2 is 1.75 bits per heavy atom. The molecule has 2 rings (SSSR count). The minimum absolute atomic E-state index is 0.489. The van der Waals surface area contributed by atoms with E-state index in [0.29, 0.717) is 12.1 Å². The summed E-state index contributed by atoms with van der Waals surface area (Å²) in [5, 5.41) is 20.6. The Bertz CT molecular complexity index is 690. The summed E-state index contributed by atoms with van der Waals surface area (Å²) in [6.07, 6.45) is 6.98. The van der Waals surface area contributed by atoms with Crippen molar-refractivity contribution < 1.29 is 14.8 Å². The molecule has 0 unspecified atom stereocenters. The van der Waals surface area contributed by atoms with Crippen molar-refractivity contribution >= 4 is 23.4 Å². The van der Waals surface area contributed by atoms with Crippen molar-refractivity contribution in [1.82, 2.24) is 0 Å². The van der Waals surface area contributed by atoms with Gasteiger partial charge in [-0.3, -0.25) is 0 Å². The van der Waals surface area contributed by atoms with Crippen LogP contribution >= 0.6 is 0 Å². The van der Waals surface area contributed by atoms with Crippen LogP contribution in [0.15, 0.2) is 60.2 Å². The van der Waals surface area contributed by atoms with Crippen LogP contribution in [0.5, 0.6) is 5.75 Å². The molecule has 0 spiro atoms. The minimum atomic E-state index is -1.49. The van der Waals surface area contributed by atoms with Crippen LogP contribution in [0.2, 0.25) is 0 Å². The smallest absolute Gasteiger partial charge is 0.489 e. The topological polar surface area (TPSA) is 49.7 Å². The van der Waals surface area contributed by atoms with Crippen molar-refractivity contribution in [1.29, 1.82) is 0 Å². The number of rotatable bonds is 6. The fourth-order valence-electron chi connectivity index (χ4n) is 2.33. The van der Waals surface area contributed by atoms with E-state index in [1.165, 1.54) is 5.57 Å². The lowest BCUT2D eigenvalue weighted by molar-refractivity contribution is 0.352. The fourth-order valence-corrected chi connectivity index (χ4v) is 2.33. The molecule has 0 saturated carbocycles. The first-order valence-corrected chi connectivity index (χ1v) is 8.48. The van der Waals surface area contributed by atoms with Gasteiger partial charge in [-0.2, -0.15) is 0 Å². The molecule has 0 fully saturated rings. The van der Waals surface area contributed by atoms with Crippen molar-refractivity contribution in [3.8, 4) is 5.75 Å². The van der Waals surface area contributed by atoms with Crippen LogP contribution in [-0.2, 0) is 0 Å². The maximum Gasteiger partial charge on any atom is 0.489 e. The predicted octanol–water partition coefficient (Wildman–Crippen LogP) is 3.84. The molecule has 3 nitrogen and oxygen atoms in total. The quantitative estimate of drug-likeness (QED) is 0.626. The summed E-state index contributed by atoms with van der Waals surface area (Å²) in [5.74, 6) is 0.750. The van der Waals surface area contributed by atoms with Crippen LogP contribution in [-0.4, -0.2) is 23.8 Å². The zero-order chi connectivity index (χ0) is 17.9. The first kappa shape index (κ1) is 20.0. The van der Waals surface area contributed by atoms with Gasteiger partial charge in [-0.1, -0.05) is 69.3 Å². The largest absolute Gasteiger partial charge is 0.489 e. The highest BCUT2D eigenvalue weighted by Gasteiger charge is 2.15. The first-order chi connectivity index (χ1) is 11.7. The van der Waals surface area contributed by atoms with Crippen LogP contribution < -0.4 is 10.2 Å². The van der Waals surface area contributed by atoms with Gasteiger partial charge in [0, 0.05) is 5.39 Å². The van der Waals surface area contributed by atoms with E-state index in [4.69, 9.17) is 4.74 Å². The summed E-state index contributed by atoms with van der Waals surface area (Å²) in [6, 6.07) is 11.1. The summed E-state index contributed by atoms with van der Waals surface area (Å²) < 4.78 is 5.94. The molecular weight excluding hydrogens is 299 g/mol. The molecule has 0 aromatic heterocycles. The Kier molecular flexibility index (Phi) is 8.91. The fraction of sp³-hybridized carbons (Fsp3) is 0.300. The molecule has 0 aliphatic heterocycles. The van der Waals surface area contributed by atoms with E-state index in [2.05, 4.69) is 13.0 Å². The summed E-state index contributed by atoms with van der Waals surface area (Å²) >= 11 is 0. The van der Waals surface area contributed by atoms with Crippen LogP contribution in [0.4, 0.5) is 0 Å². The monoisotopic (exact) mass is 326 g/mol. The van der Waals surface area contributed by atoms with Gasteiger partial charge in [-0.05, 0) is 35.8 Å². The Labute approximate surface area is 145 Å². The Hall–Kier alpha value is -2.04. The lowest BCUT2D eigenvalue weighted by Gasteiger charge is -2.12. The zero-order valence-electron chi connectivity index (χ0n) is 15.0. The molecule has 2 aromatic carbocycles. The summed E-state index contributed by atoms with van der Waals surface area (Å²) in [5.41, 5.74) is 1.69. The first-order valence-electron chi connectivity index (χ1n) is 8.48. The lowest BCUT2D eigenvalue weighted by atomic mass is 9.77. The Morgan fingerprint density at radius 3 is 2.38 bits per heavy atom. The molecule has 0 saturated heterocycles. The second-order valence-corrected chi connectivity index (χ2v) is 5.07. The van der Waals surface area contributed by atoms with E-state index in [1.54, 1.807) is 12.1 Å². The minimum Gasteiger partial charge on any atom is -0.489 e. The molecule has 0 aliphatic rings. The molecule has 2 N–H and O–H groups in total. The highest BCUT2D eigenvalue weighted by atomic mass is 16.5. The summed E-state index contributed by atoms with van der Waals surface area (Å²) in [4.78, 5) is 0. The van der Waals surface area contributed by atoms with Crippen molar-refractivity contribution in [2.45, 2.75) is 34.1 Å². The van der Waals surface area contributed by atoms with E-state index in [-0.39, 0.29) is 0 Å². The van der Waals surface area contributed by atoms with E-state index < -0.39 is 7.12 Å². The van der Waals surface area contributed by atoms with E-state index >= 15 is 0 Å². The molecule has 0 atom stereocenters. The summed E-state index contributed by atoms with van der Waals surface area (Å²) in [6.45, 7) is 8.60. The Morgan fingerprint density at radius 1 is 1.08 bits per heavy atom. The number of allylic oxidation sites excluding steroid dienone is 3. The van der Waals surface area contributed by atoms with Crippen molar-refractivity contribution in [2.24, 2.45) is 0 Å². The molecule has 0 amide bonds. The van der Waals surface area contributed by atoms with Crippen LogP contribution in [0.3, 0.4) is 0 Å². The third-order valence-corrected chi connectivity index (χ3v) is 3.59. The maximum absolute atomic E-state index is 9.46. The molecule has 2 aromatic rings. The second kappa shape index (κ2) is 10.7. The SMILES string of the molecule is C/C=C\C=C(/CC)COc1cccc2c(B(O)O)cccc12.CC. The van der Waals surface area contributed by atoms with Crippen molar-refractivity contribution in [3.05, 3.63) is 60.2 Å². The third kappa shape index (κ3) is 5.26.